The molecule has 2 heteroatoms. The Hall–Kier alpha value is -0.530. The lowest BCUT2D eigenvalue weighted by molar-refractivity contribution is 0.361. The Balaban J connectivity index is 0.000000162. The van der Waals surface area contributed by atoms with Crippen LogP contribution < -0.4 is 0 Å². The Morgan fingerprint density at radius 3 is 2.20 bits per heavy atom. The van der Waals surface area contributed by atoms with Crippen molar-refractivity contribution >= 4 is 6.40 Å². The lowest BCUT2D eigenvalue weighted by Crippen LogP contribution is -1.80. The summed E-state index contributed by atoms with van der Waals surface area (Å²) in [4.78, 5) is 3.74. The monoisotopic (exact) mass is 143 g/mol. The molecule has 0 aromatic carbocycles. The van der Waals surface area contributed by atoms with E-state index in [1.54, 1.807) is 0 Å². The van der Waals surface area contributed by atoms with Crippen LogP contribution in [0.1, 0.15) is 33.1 Å². The molecular weight excluding hydrogens is 126 g/mol. The van der Waals surface area contributed by atoms with Crippen LogP contribution in [0.2, 0.25) is 0 Å². The third kappa shape index (κ3) is 7.47. The molecule has 1 aliphatic rings. The minimum Gasteiger partial charge on any atom is -0.482 e. The highest BCUT2D eigenvalue weighted by molar-refractivity contribution is 5.47. The van der Waals surface area contributed by atoms with E-state index < -0.39 is 0 Å². The van der Waals surface area contributed by atoms with E-state index in [1.807, 2.05) is 0 Å². The summed E-state index contributed by atoms with van der Waals surface area (Å²) >= 11 is 0. The van der Waals surface area contributed by atoms with E-state index >= 15 is 0 Å². The zero-order chi connectivity index (χ0) is 7.66. The molecule has 0 saturated carbocycles. The second-order valence-corrected chi connectivity index (χ2v) is 2.24. The molecule has 0 amide bonds. The van der Waals surface area contributed by atoms with Gasteiger partial charge in [-0.3, -0.25) is 4.99 Å². The first-order valence-electron chi connectivity index (χ1n) is 4.01. The van der Waals surface area contributed by atoms with Gasteiger partial charge in [-0.1, -0.05) is 33.1 Å². The van der Waals surface area contributed by atoms with Gasteiger partial charge < -0.3 is 4.74 Å². The number of hydrogen-bond donors (Lipinski definition) is 0. The topological polar surface area (TPSA) is 21.6 Å². The van der Waals surface area contributed by atoms with E-state index in [-0.39, 0.29) is 0 Å². The SMILES string of the molecule is C1=NCCO1.CCCCC. The zero-order valence-corrected chi connectivity index (χ0v) is 6.97. The second-order valence-electron chi connectivity index (χ2n) is 2.24. The fraction of sp³-hybridized carbons (Fsp3) is 0.875. The molecule has 0 unspecified atom stereocenters. The van der Waals surface area contributed by atoms with Crippen LogP contribution in [0.25, 0.3) is 0 Å². The second kappa shape index (κ2) is 8.47. The summed E-state index contributed by atoms with van der Waals surface area (Å²) in [6, 6.07) is 0. The maximum atomic E-state index is 4.65. The Kier molecular flexibility index (Phi) is 8.02. The van der Waals surface area contributed by atoms with Crippen molar-refractivity contribution in [3.05, 3.63) is 0 Å². The molecule has 0 N–H and O–H groups in total. The average Bonchev–Trinajstić information content (AvgIpc) is 2.44. The lowest BCUT2D eigenvalue weighted by Gasteiger charge is -1.79. The van der Waals surface area contributed by atoms with Gasteiger partial charge in [-0.05, 0) is 0 Å². The molecule has 60 valence electrons. The predicted molar refractivity (Wildman–Crippen MR) is 44.5 cm³/mol. The number of unbranched alkanes of at least 4 members (excludes halogenated alkanes) is 2. The van der Waals surface area contributed by atoms with Crippen LogP contribution in [-0.2, 0) is 4.74 Å². The predicted octanol–water partition coefficient (Wildman–Crippen LogP) is 2.24. The van der Waals surface area contributed by atoms with E-state index in [0.29, 0.717) is 0 Å². The molecule has 2 nitrogen and oxygen atoms in total. The molecule has 0 saturated heterocycles. The molecule has 0 aromatic rings. The fourth-order valence-electron chi connectivity index (χ4n) is 0.617. The molecule has 0 fully saturated rings. The quantitative estimate of drug-likeness (QED) is 0.581. The van der Waals surface area contributed by atoms with Gasteiger partial charge in [-0.2, -0.15) is 0 Å². The molecule has 0 aromatic heterocycles. The van der Waals surface area contributed by atoms with E-state index in [1.165, 1.54) is 25.7 Å². The van der Waals surface area contributed by atoms with Crippen LogP contribution in [0.3, 0.4) is 0 Å². The van der Waals surface area contributed by atoms with Crippen molar-refractivity contribution in [1.29, 1.82) is 0 Å². The lowest BCUT2D eigenvalue weighted by atomic mass is 10.3. The van der Waals surface area contributed by atoms with E-state index in [9.17, 15) is 0 Å². The first-order chi connectivity index (χ1) is 4.91. The smallest absolute Gasteiger partial charge is 0.169 e. The molecule has 1 heterocycles. The van der Waals surface area contributed by atoms with Crippen molar-refractivity contribution in [3.8, 4) is 0 Å². The summed E-state index contributed by atoms with van der Waals surface area (Å²) in [5, 5.41) is 0. The normalized spacial score (nSPS) is 13.8. The minimum atomic E-state index is 0.778. The first kappa shape index (κ1) is 9.47. The highest BCUT2D eigenvalue weighted by atomic mass is 16.5. The molecular formula is C8H17NO. The van der Waals surface area contributed by atoms with Crippen LogP contribution in [0.5, 0.6) is 0 Å². The number of hydrogen-bond acceptors (Lipinski definition) is 2. The largest absolute Gasteiger partial charge is 0.482 e. The molecule has 1 aliphatic heterocycles. The Morgan fingerprint density at radius 1 is 1.40 bits per heavy atom. The minimum absolute atomic E-state index is 0.778. The summed E-state index contributed by atoms with van der Waals surface area (Å²) in [6.45, 7) is 6.05. The van der Waals surface area contributed by atoms with Crippen molar-refractivity contribution in [1.82, 2.24) is 0 Å². The van der Waals surface area contributed by atoms with Gasteiger partial charge in [0.05, 0.1) is 6.54 Å². The summed E-state index contributed by atoms with van der Waals surface area (Å²) < 4.78 is 4.65. The maximum absolute atomic E-state index is 4.65. The summed E-state index contributed by atoms with van der Waals surface area (Å²) in [6.07, 6.45) is 5.56. The standard InChI is InChI=1S/C5H12.C3H5NO/c1-3-5-4-2;1-2-5-3-4-1/h3-5H2,1-2H3;3H,1-2H2. The van der Waals surface area contributed by atoms with E-state index in [0.717, 1.165) is 13.2 Å². The first-order valence-corrected chi connectivity index (χ1v) is 4.01. The van der Waals surface area contributed by atoms with Gasteiger partial charge in [0.1, 0.15) is 6.61 Å². The van der Waals surface area contributed by atoms with E-state index in [4.69, 9.17) is 0 Å². The zero-order valence-electron chi connectivity index (χ0n) is 6.97. The van der Waals surface area contributed by atoms with Gasteiger partial charge in [0.15, 0.2) is 6.40 Å². The van der Waals surface area contributed by atoms with Crippen molar-refractivity contribution < 1.29 is 4.74 Å². The number of aliphatic imine (C=N–C) groups is 1. The van der Waals surface area contributed by atoms with Crippen LogP contribution in [0, 0.1) is 0 Å². The molecule has 0 spiro atoms. The Morgan fingerprint density at radius 2 is 2.10 bits per heavy atom. The third-order valence-corrected chi connectivity index (χ3v) is 1.19. The molecule has 1 rings (SSSR count). The summed E-state index contributed by atoms with van der Waals surface area (Å²) in [5.74, 6) is 0. The van der Waals surface area contributed by atoms with Gasteiger partial charge in [0, 0.05) is 0 Å². The number of rotatable bonds is 2. The van der Waals surface area contributed by atoms with Crippen molar-refractivity contribution in [2.75, 3.05) is 13.2 Å². The van der Waals surface area contributed by atoms with Crippen LogP contribution in [-0.4, -0.2) is 19.6 Å². The Bertz CT molecular complexity index is 73.3. The van der Waals surface area contributed by atoms with Gasteiger partial charge >= 0.3 is 0 Å². The van der Waals surface area contributed by atoms with Crippen molar-refractivity contribution in [2.45, 2.75) is 33.1 Å². The van der Waals surface area contributed by atoms with Crippen LogP contribution in [0.15, 0.2) is 4.99 Å². The summed E-state index contributed by atoms with van der Waals surface area (Å²) in [7, 11) is 0. The highest BCUT2D eigenvalue weighted by Gasteiger charge is 1.84. The molecule has 0 aliphatic carbocycles. The number of nitrogens with zero attached hydrogens (tertiary/aromatic N) is 1. The molecule has 0 radical (unpaired) electrons. The molecule has 0 bridgehead atoms. The number of ether oxygens (including phenoxy) is 1. The fourth-order valence-corrected chi connectivity index (χ4v) is 0.617. The maximum Gasteiger partial charge on any atom is 0.169 e. The van der Waals surface area contributed by atoms with Gasteiger partial charge in [-0.25, -0.2) is 0 Å². The van der Waals surface area contributed by atoms with Gasteiger partial charge in [0.2, 0.25) is 0 Å². The third-order valence-electron chi connectivity index (χ3n) is 1.19. The highest BCUT2D eigenvalue weighted by Crippen LogP contribution is 1.88. The van der Waals surface area contributed by atoms with Gasteiger partial charge in [0.25, 0.3) is 0 Å². The summed E-state index contributed by atoms with van der Waals surface area (Å²) in [5.41, 5.74) is 0. The molecule has 0 atom stereocenters. The van der Waals surface area contributed by atoms with Crippen LogP contribution in [0.4, 0.5) is 0 Å². The molecule has 10 heavy (non-hydrogen) atoms. The van der Waals surface area contributed by atoms with Crippen molar-refractivity contribution in [3.63, 3.8) is 0 Å². The van der Waals surface area contributed by atoms with E-state index in [2.05, 4.69) is 23.6 Å². The Labute approximate surface area is 63.3 Å². The van der Waals surface area contributed by atoms with Crippen LogP contribution >= 0.6 is 0 Å². The van der Waals surface area contributed by atoms with Gasteiger partial charge in [-0.15, -0.1) is 0 Å². The van der Waals surface area contributed by atoms with Crippen molar-refractivity contribution in [2.24, 2.45) is 4.99 Å². The average molecular weight is 143 g/mol.